The van der Waals surface area contributed by atoms with Crippen LogP contribution in [0.4, 0.5) is 0 Å². The average Bonchev–Trinajstić information content (AvgIpc) is 2.93. The van der Waals surface area contributed by atoms with Crippen LogP contribution in [0.1, 0.15) is 0 Å². The Morgan fingerprint density at radius 1 is 0.429 bits per heavy atom. The minimum atomic E-state index is 0.669. The molecule has 0 radical (unpaired) electrons. The molecule has 0 unspecified atom stereocenters. The van der Waals surface area contributed by atoms with E-state index in [1.807, 2.05) is 60.7 Å². The number of aromatic nitrogens is 3. The highest BCUT2D eigenvalue weighted by atomic mass is 79.9. The van der Waals surface area contributed by atoms with Gasteiger partial charge in [-0.2, -0.15) is 0 Å². The van der Waals surface area contributed by atoms with Gasteiger partial charge in [0.25, 0.3) is 0 Å². The summed E-state index contributed by atoms with van der Waals surface area (Å²) in [5, 5.41) is 7.29. The minimum Gasteiger partial charge on any atom is -0.208 e. The van der Waals surface area contributed by atoms with Crippen molar-refractivity contribution in [3.63, 3.8) is 0 Å². The van der Waals surface area contributed by atoms with Crippen molar-refractivity contribution in [3.8, 4) is 34.2 Å². The summed E-state index contributed by atoms with van der Waals surface area (Å²) in [7, 11) is 0. The van der Waals surface area contributed by atoms with Crippen molar-refractivity contribution in [1.82, 2.24) is 15.0 Å². The molecule has 164 valence electrons. The molecule has 0 aliphatic rings. The van der Waals surface area contributed by atoms with E-state index in [4.69, 9.17) is 15.0 Å². The number of halogens is 1. The SMILES string of the molecule is Brc1ccc2ccc3c(-c4nc(-c5ccccc5)nc(-c5ccccc5)n4)ccc4ccc1c2c43. The van der Waals surface area contributed by atoms with E-state index in [0.29, 0.717) is 17.5 Å². The maximum atomic E-state index is 4.97. The van der Waals surface area contributed by atoms with Gasteiger partial charge in [0.05, 0.1) is 0 Å². The lowest BCUT2D eigenvalue weighted by atomic mass is 9.92. The molecule has 1 heterocycles. The van der Waals surface area contributed by atoms with Crippen LogP contribution in [0.3, 0.4) is 0 Å². The van der Waals surface area contributed by atoms with Gasteiger partial charge in [-0.25, -0.2) is 15.0 Å². The van der Waals surface area contributed by atoms with Gasteiger partial charge in [0.15, 0.2) is 17.5 Å². The quantitative estimate of drug-likeness (QED) is 0.223. The lowest BCUT2D eigenvalue weighted by Gasteiger charge is -2.15. The molecule has 0 saturated carbocycles. The number of benzene rings is 6. The van der Waals surface area contributed by atoms with E-state index in [1.54, 1.807) is 0 Å². The molecule has 0 bridgehead atoms. The van der Waals surface area contributed by atoms with Crippen molar-refractivity contribution >= 4 is 48.2 Å². The molecule has 35 heavy (non-hydrogen) atoms. The highest BCUT2D eigenvalue weighted by molar-refractivity contribution is 9.10. The zero-order chi connectivity index (χ0) is 23.4. The molecule has 0 aliphatic heterocycles. The molecule has 0 N–H and O–H groups in total. The smallest absolute Gasteiger partial charge is 0.164 e. The predicted molar refractivity (Wildman–Crippen MR) is 148 cm³/mol. The summed E-state index contributed by atoms with van der Waals surface area (Å²) in [6.07, 6.45) is 0. The van der Waals surface area contributed by atoms with Gasteiger partial charge in [-0.3, -0.25) is 0 Å². The summed E-state index contributed by atoms with van der Waals surface area (Å²) in [6.45, 7) is 0. The Bertz CT molecular complexity index is 1790. The zero-order valence-electron chi connectivity index (χ0n) is 18.6. The lowest BCUT2D eigenvalue weighted by molar-refractivity contribution is 1.08. The maximum absolute atomic E-state index is 4.97. The third kappa shape index (κ3) is 3.29. The van der Waals surface area contributed by atoms with Crippen molar-refractivity contribution in [2.45, 2.75) is 0 Å². The molecule has 6 aromatic carbocycles. The summed E-state index contributed by atoms with van der Waals surface area (Å²) >= 11 is 3.74. The molecule has 4 heteroatoms. The van der Waals surface area contributed by atoms with Crippen LogP contribution in [0, 0.1) is 0 Å². The fourth-order valence-electron chi connectivity index (χ4n) is 4.89. The fourth-order valence-corrected chi connectivity index (χ4v) is 5.35. The summed E-state index contributed by atoms with van der Waals surface area (Å²) < 4.78 is 1.10. The first kappa shape index (κ1) is 20.2. The van der Waals surface area contributed by atoms with Gasteiger partial charge < -0.3 is 0 Å². The molecule has 0 fully saturated rings. The van der Waals surface area contributed by atoms with E-state index < -0.39 is 0 Å². The van der Waals surface area contributed by atoms with Gasteiger partial charge >= 0.3 is 0 Å². The van der Waals surface area contributed by atoms with Crippen molar-refractivity contribution in [1.29, 1.82) is 0 Å². The Labute approximate surface area is 210 Å². The first-order chi connectivity index (χ1) is 17.3. The molecular weight excluding hydrogens is 494 g/mol. The molecule has 0 amide bonds. The van der Waals surface area contributed by atoms with Crippen LogP contribution < -0.4 is 0 Å². The van der Waals surface area contributed by atoms with Crippen LogP contribution in [0.15, 0.2) is 114 Å². The normalized spacial score (nSPS) is 11.6. The second kappa shape index (κ2) is 7.97. The molecule has 0 saturated heterocycles. The van der Waals surface area contributed by atoms with Crippen molar-refractivity contribution < 1.29 is 0 Å². The van der Waals surface area contributed by atoms with E-state index in [-0.39, 0.29) is 0 Å². The summed E-state index contributed by atoms with van der Waals surface area (Å²) in [5.41, 5.74) is 2.94. The van der Waals surface area contributed by atoms with Crippen LogP contribution in [0.2, 0.25) is 0 Å². The van der Waals surface area contributed by atoms with Crippen LogP contribution in [-0.2, 0) is 0 Å². The Morgan fingerprint density at radius 3 is 1.54 bits per heavy atom. The Morgan fingerprint density at radius 2 is 0.914 bits per heavy atom. The largest absolute Gasteiger partial charge is 0.208 e. The third-order valence-corrected chi connectivity index (χ3v) is 7.24. The van der Waals surface area contributed by atoms with Crippen molar-refractivity contribution in [3.05, 3.63) is 114 Å². The van der Waals surface area contributed by atoms with E-state index >= 15 is 0 Å². The molecule has 7 rings (SSSR count). The Balaban J connectivity index is 1.55. The first-order valence-electron chi connectivity index (χ1n) is 11.5. The van der Waals surface area contributed by atoms with Crippen LogP contribution in [0.25, 0.3) is 66.5 Å². The topological polar surface area (TPSA) is 38.7 Å². The van der Waals surface area contributed by atoms with Gasteiger partial charge in [0.2, 0.25) is 0 Å². The van der Waals surface area contributed by atoms with Crippen LogP contribution in [-0.4, -0.2) is 15.0 Å². The van der Waals surface area contributed by atoms with Crippen LogP contribution >= 0.6 is 15.9 Å². The molecule has 0 aliphatic carbocycles. The summed E-state index contributed by atoms with van der Waals surface area (Å²) in [5.74, 6) is 2.01. The summed E-state index contributed by atoms with van der Waals surface area (Å²) in [4.78, 5) is 14.8. The van der Waals surface area contributed by atoms with E-state index in [9.17, 15) is 0 Å². The number of hydrogen-bond donors (Lipinski definition) is 0. The fraction of sp³-hybridized carbons (Fsp3) is 0. The average molecular weight is 512 g/mol. The minimum absolute atomic E-state index is 0.669. The Hall–Kier alpha value is -4.15. The Kier molecular flexibility index (Phi) is 4.61. The molecular formula is C31H18BrN3. The molecule has 0 atom stereocenters. The highest BCUT2D eigenvalue weighted by Crippen LogP contribution is 2.41. The maximum Gasteiger partial charge on any atom is 0.164 e. The van der Waals surface area contributed by atoms with Crippen LogP contribution in [0.5, 0.6) is 0 Å². The molecule has 1 aromatic heterocycles. The van der Waals surface area contributed by atoms with E-state index in [0.717, 1.165) is 26.5 Å². The van der Waals surface area contributed by atoms with Gasteiger partial charge in [-0.1, -0.05) is 113 Å². The molecule has 3 nitrogen and oxygen atoms in total. The van der Waals surface area contributed by atoms with Gasteiger partial charge in [0.1, 0.15) is 0 Å². The number of hydrogen-bond acceptors (Lipinski definition) is 3. The van der Waals surface area contributed by atoms with Gasteiger partial charge in [0, 0.05) is 21.2 Å². The predicted octanol–water partition coefficient (Wildman–Crippen LogP) is 8.53. The molecule has 0 spiro atoms. The van der Waals surface area contributed by atoms with Crippen molar-refractivity contribution in [2.75, 3.05) is 0 Å². The summed E-state index contributed by atoms with van der Waals surface area (Å²) in [6, 6.07) is 37.6. The lowest BCUT2D eigenvalue weighted by Crippen LogP contribution is -2.00. The van der Waals surface area contributed by atoms with Gasteiger partial charge in [-0.05, 0) is 44.5 Å². The monoisotopic (exact) mass is 511 g/mol. The number of nitrogens with zero attached hydrogens (tertiary/aromatic N) is 3. The first-order valence-corrected chi connectivity index (χ1v) is 12.3. The standard InChI is InChI=1S/C31H18BrN3/c32-26-18-14-20-11-15-23-24(16-12-19-13-17-25(26)28(20)27(19)23)31-34-29(21-7-3-1-4-8-21)33-30(35-31)22-9-5-2-6-10-22/h1-18H. The van der Waals surface area contributed by atoms with E-state index in [1.165, 1.54) is 26.9 Å². The highest BCUT2D eigenvalue weighted by Gasteiger charge is 2.17. The second-order valence-electron chi connectivity index (χ2n) is 8.62. The van der Waals surface area contributed by atoms with E-state index in [2.05, 4.69) is 64.5 Å². The number of rotatable bonds is 3. The molecule has 7 aromatic rings. The third-order valence-electron chi connectivity index (χ3n) is 6.55. The van der Waals surface area contributed by atoms with Gasteiger partial charge in [-0.15, -0.1) is 0 Å². The second-order valence-corrected chi connectivity index (χ2v) is 9.48. The zero-order valence-corrected chi connectivity index (χ0v) is 20.2. The van der Waals surface area contributed by atoms with Crippen molar-refractivity contribution in [2.24, 2.45) is 0 Å².